The Labute approximate surface area is 187 Å². The van der Waals surface area contributed by atoms with Crippen molar-refractivity contribution in [1.29, 1.82) is 0 Å². The van der Waals surface area contributed by atoms with Gasteiger partial charge in [-0.1, -0.05) is 18.2 Å². The number of hydrogen-bond acceptors (Lipinski definition) is 6. The van der Waals surface area contributed by atoms with Gasteiger partial charge in [0.05, 0.1) is 38.5 Å². The van der Waals surface area contributed by atoms with E-state index in [-0.39, 0.29) is 43.0 Å². The summed E-state index contributed by atoms with van der Waals surface area (Å²) in [7, 11) is 1.60. The maximum atomic E-state index is 12.8. The summed E-state index contributed by atoms with van der Waals surface area (Å²) in [5.41, 5.74) is 2.69. The van der Waals surface area contributed by atoms with Crippen LogP contribution in [0.3, 0.4) is 0 Å². The Kier molecular flexibility index (Phi) is 6.76. The molecule has 4 rings (SSSR count). The highest BCUT2D eigenvalue weighted by Gasteiger charge is 2.39. The van der Waals surface area contributed by atoms with Crippen molar-refractivity contribution in [1.82, 2.24) is 20.0 Å². The molecular weight excluding hydrogens is 412 g/mol. The van der Waals surface area contributed by atoms with Gasteiger partial charge in [-0.15, -0.1) is 0 Å². The molecular formula is C23H30N4O5. The van der Waals surface area contributed by atoms with E-state index in [2.05, 4.69) is 10.4 Å². The Morgan fingerprint density at radius 3 is 2.47 bits per heavy atom. The fourth-order valence-electron chi connectivity index (χ4n) is 4.25. The van der Waals surface area contributed by atoms with Gasteiger partial charge in [0.15, 0.2) is 0 Å². The van der Waals surface area contributed by atoms with Gasteiger partial charge in [-0.25, -0.2) is 0 Å². The van der Waals surface area contributed by atoms with E-state index in [0.717, 1.165) is 17.0 Å². The zero-order valence-electron chi connectivity index (χ0n) is 18.7. The number of aryl methyl sites for hydroxylation is 2. The predicted molar refractivity (Wildman–Crippen MR) is 116 cm³/mol. The van der Waals surface area contributed by atoms with Gasteiger partial charge in [0.2, 0.25) is 11.8 Å². The summed E-state index contributed by atoms with van der Waals surface area (Å²) in [6.07, 6.45) is -0.127. The summed E-state index contributed by atoms with van der Waals surface area (Å²) >= 11 is 0. The average Bonchev–Trinajstić information content (AvgIpc) is 3.26. The van der Waals surface area contributed by atoms with E-state index in [1.807, 2.05) is 44.2 Å². The Morgan fingerprint density at radius 2 is 1.84 bits per heavy atom. The van der Waals surface area contributed by atoms with E-state index in [0.29, 0.717) is 32.1 Å². The predicted octanol–water partition coefficient (Wildman–Crippen LogP) is 0.862. The first-order chi connectivity index (χ1) is 15.4. The molecule has 2 aliphatic heterocycles. The maximum Gasteiger partial charge on any atom is 0.242 e. The average molecular weight is 443 g/mol. The third kappa shape index (κ3) is 5.11. The largest absolute Gasteiger partial charge is 0.496 e. The van der Waals surface area contributed by atoms with Crippen molar-refractivity contribution in [2.45, 2.75) is 45.1 Å². The number of ether oxygens (including phenoxy) is 3. The first-order valence-electron chi connectivity index (χ1n) is 10.9. The maximum absolute atomic E-state index is 12.8. The molecule has 2 amide bonds. The highest BCUT2D eigenvalue weighted by Crippen LogP contribution is 2.23. The Morgan fingerprint density at radius 1 is 1.16 bits per heavy atom. The third-order valence-corrected chi connectivity index (χ3v) is 5.89. The number of amides is 2. The lowest BCUT2D eigenvalue weighted by Gasteiger charge is -2.20. The van der Waals surface area contributed by atoms with Gasteiger partial charge in [-0.05, 0) is 26.0 Å². The smallest absolute Gasteiger partial charge is 0.242 e. The number of nitrogens with one attached hydrogen (secondary N) is 1. The monoisotopic (exact) mass is 442 g/mol. The molecule has 0 aliphatic carbocycles. The molecule has 0 radical (unpaired) electrons. The second kappa shape index (κ2) is 9.70. The number of likely N-dealkylation sites (tertiary alicyclic amines) is 1. The van der Waals surface area contributed by atoms with Crippen LogP contribution in [0, 0.1) is 13.8 Å². The molecule has 0 saturated carbocycles. The van der Waals surface area contributed by atoms with Crippen LogP contribution in [0.2, 0.25) is 0 Å². The Hall–Kier alpha value is -2.91. The topological polar surface area (TPSA) is 94.9 Å². The van der Waals surface area contributed by atoms with E-state index < -0.39 is 0 Å². The van der Waals surface area contributed by atoms with Crippen LogP contribution in [0.15, 0.2) is 30.3 Å². The van der Waals surface area contributed by atoms with Crippen molar-refractivity contribution < 1.29 is 23.8 Å². The van der Waals surface area contributed by atoms with Gasteiger partial charge in [0.1, 0.15) is 24.5 Å². The zero-order chi connectivity index (χ0) is 22.7. The molecule has 172 valence electrons. The van der Waals surface area contributed by atoms with Gasteiger partial charge in [0.25, 0.3) is 0 Å². The van der Waals surface area contributed by atoms with Crippen molar-refractivity contribution in [3.8, 4) is 5.75 Å². The minimum atomic E-state index is -0.234. The lowest BCUT2D eigenvalue weighted by atomic mass is 10.1. The molecule has 1 aromatic heterocycles. The lowest BCUT2D eigenvalue weighted by Crippen LogP contribution is -2.43. The van der Waals surface area contributed by atoms with Gasteiger partial charge >= 0.3 is 0 Å². The van der Waals surface area contributed by atoms with Crippen molar-refractivity contribution in [2.24, 2.45) is 0 Å². The molecule has 2 saturated heterocycles. The number of rotatable bonds is 6. The van der Waals surface area contributed by atoms with Crippen LogP contribution >= 0.6 is 0 Å². The van der Waals surface area contributed by atoms with Crippen LogP contribution in [0.25, 0.3) is 0 Å². The molecule has 9 heteroatoms. The second-order valence-corrected chi connectivity index (χ2v) is 8.38. The molecule has 2 fully saturated rings. The number of nitrogens with zero attached hydrogens (tertiary/aromatic N) is 3. The fourth-order valence-corrected chi connectivity index (χ4v) is 4.25. The van der Waals surface area contributed by atoms with Crippen molar-refractivity contribution in [3.05, 3.63) is 47.3 Å². The quantitative estimate of drug-likeness (QED) is 0.713. The minimum absolute atomic E-state index is 0.0181. The fraction of sp³-hybridized carbons (Fsp3) is 0.522. The molecule has 0 spiro atoms. The van der Waals surface area contributed by atoms with Crippen LogP contribution < -0.4 is 10.1 Å². The van der Waals surface area contributed by atoms with Crippen LogP contribution in [0.4, 0.5) is 0 Å². The highest BCUT2D eigenvalue weighted by molar-refractivity contribution is 5.80. The SMILES string of the molecule is COc1ccccc1CC(=O)N1C[C@@H]2OCC(NC(=O)Cn3nc(C)cc3C)CO[C@H]2C1. The summed E-state index contributed by atoms with van der Waals surface area (Å²) in [6.45, 7) is 5.63. The lowest BCUT2D eigenvalue weighted by molar-refractivity contribution is -0.130. The standard InChI is InChI=1S/C23H30N4O5/c1-15-8-16(2)27(25-15)12-22(28)24-18-13-31-20-10-26(11-21(20)32-14-18)23(29)9-17-6-4-5-7-19(17)30-3/h4-8,18,20-21H,9-14H2,1-3H3,(H,24,28)/t20-,21-/m0/s1. The van der Waals surface area contributed by atoms with Gasteiger partial charge in [0, 0.05) is 24.3 Å². The van der Waals surface area contributed by atoms with Crippen LogP contribution in [0.1, 0.15) is 17.0 Å². The van der Waals surface area contributed by atoms with Crippen molar-refractivity contribution in [3.63, 3.8) is 0 Å². The zero-order valence-corrected chi connectivity index (χ0v) is 18.7. The summed E-state index contributed by atoms with van der Waals surface area (Å²) in [5, 5.41) is 7.29. The molecule has 3 heterocycles. The minimum Gasteiger partial charge on any atom is -0.496 e. The number of fused-ring (bicyclic) bond motifs is 1. The molecule has 9 nitrogen and oxygen atoms in total. The second-order valence-electron chi connectivity index (χ2n) is 8.38. The number of carbonyl (C=O) groups excluding carboxylic acids is 2. The molecule has 1 aromatic carbocycles. The van der Waals surface area contributed by atoms with E-state index in [1.165, 1.54) is 0 Å². The van der Waals surface area contributed by atoms with Crippen molar-refractivity contribution in [2.75, 3.05) is 33.4 Å². The van der Waals surface area contributed by atoms with E-state index in [9.17, 15) is 9.59 Å². The summed E-state index contributed by atoms with van der Waals surface area (Å²) in [5.74, 6) is 0.597. The van der Waals surface area contributed by atoms with Crippen molar-refractivity contribution >= 4 is 11.8 Å². The van der Waals surface area contributed by atoms with E-state index in [4.69, 9.17) is 14.2 Å². The summed E-state index contributed by atoms with van der Waals surface area (Å²) in [4.78, 5) is 27.0. The molecule has 1 N–H and O–H groups in total. The third-order valence-electron chi connectivity index (χ3n) is 5.89. The number of aromatic nitrogens is 2. The first kappa shape index (κ1) is 22.3. The van der Waals surface area contributed by atoms with E-state index in [1.54, 1.807) is 16.7 Å². The molecule has 0 bridgehead atoms. The Balaban J connectivity index is 1.27. The van der Waals surface area contributed by atoms with Crippen LogP contribution in [-0.4, -0.2) is 78.2 Å². The highest BCUT2D eigenvalue weighted by atomic mass is 16.6. The molecule has 2 aliphatic rings. The number of hydrogen-bond donors (Lipinski definition) is 1. The molecule has 2 aromatic rings. The first-order valence-corrected chi connectivity index (χ1v) is 10.9. The summed E-state index contributed by atoms with van der Waals surface area (Å²) in [6, 6.07) is 9.24. The summed E-state index contributed by atoms with van der Waals surface area (Å²) < 4.78 is 19.1. The number of benzene rings is 1. The van der Waals surface area contributed by atoms with E-state index >= 15 is 0 Å². The Bertz CT molecular complexity index is 959. The molecule has 2 atom stereocenters. The number of carbonyl (C=O) groups is 2. The molecule has 32 heavy (non-hydrogen) atoms. The number of methoxy groups -OCH3 is 1. The van der Waals surface area contributed by atoms with Gasteiger partial charge < -0.3 is 24.4 Å². The van der Waals surface area contributed by atoms with Gasteiger partial charge in [-0.2, -0.15) is 5.10 Å². The van der Waals surface area contributed by atoms with Gasteiger partial charge in [-0.3, -0.25) is 14.3 Å². The molecule has 0 unspecified atom stereocenters. The normalized spacial score (nSPS) is 21.2. The number of para-hydroxylation sites is 1. The van der Waals surface area contributed by atoms with Crippen LogP contribution in [-0.2, 0) is 32.0 Å². The van der Waals surface area contributed by atoms with Crippen LogP contribution in [0.5, 0.6) is 5.75 Å².